The van der Waals surface area contributed by atoms with Crippen molar-refractivity contribution in [2.24, 2.45) is 7.05 Å². The van der Waals surface area contributed by atoms with Crippen molar-refractivity contribution in [3.8, 4) is 23.2 Å². The Hall–Kier alpha value is -4.86. The molecule has 2 aromatic carbocycles. The zero-order valence-electron chi connectivity index (χ0n) is 24.7. The summed E-state index contributed by atoms with van der Waals surface area (Å²) in [5.74, 6) is 0.457. The second kappa shape index (κ2) is 12.0. The van der Waals surface area contributed by atoms with Gasteiger partial charge in [-0.2, -0.15) is 23.5 Å². The highest BCUT2D eigenvalue weighted by Gasteiger charge is 2.41. The van der Waals surface area contributed by atoms with E-state index in [1.54, 1.807) is 31.3 Å². The lowest BCUT2D eigenvalue weighted by atomic mass is 10.0. The van der Waals surface area contributed by atoms with Crippen molar-refractivity contribution < 1.29 is 22.7 Å². The fourth-order valence-electron chi connectivity index (χ4n) is 5.83. The Balaban J connectivity index is 1.51. The molecule has 2 aromatic heterocycles. The molecule has 0 saturated carbocycles. The van der Waals surface area contributed by atoms with E-state index in [9.17, 15) is 28.0 Å². The molecule has 2 N–H and O–H groups in total. The Morgan fingerprint density at radius 2 is 1.93 bits per heavy atom. The van der Waals surface area contributed by atoms with Gasteiger partial charge in [0.1, 0.15) is 17.1 Å². The smallest absolute Gasteiger partial charge is 0.417 e. The molecule has 1 aliphatic rings. The Morgan fingerprint density at radius 1 is 1.16 bits per heavy atom. The molecule has 10 nitrogen and oxygen atoms in total. The minimum absolute atomic E-state index is 0.0412. The van der Waals surface area contributed by atoms with E-state index in [0.29, 0.717) is 53.3 Å². The predicted molar refractivity (Wildman–Crippen MR) is 159 cm³/mol. The summed E-state index contributed by atoms with van der Waals surface area (Å²) < 4.78 is 48.4. The summed E-state index contributed by atoms with van der Waals surface area (Å²) in [5.41, 5.74) is 0.896. The van der Waals surface area contributed by atoms with Crippen LogP contribution < -0.4 is 20.5 Å². The number of H-pyrrole nitrogens is 1. The van der Waals surface area contributed by atoms with Crippen molar-refractivity contribution in [3.05, 3.63) is 63.6 Å². The molecule has 1 fully saturated rings. The first-order valence-electron chi connectivity index (χ1n) is 14.4. The van der Waals surface area contributed by atoms with Gasteiger partial charge in [0.05, 0.1) is 47.1 Å². The maximum absolute atomic E-state index is 13.7. The van der Waals surface area contributed by atoms with E-state index in [1.807, 2.05) is 20.8 Å². The number of nitriles is 1. The molecule has 5 rings (SSSR count). The van der Waals surface area contributed by atoms with Gasteiger partial charge in [-0.15, -0.1) is 0 Å². The molecule has 0 unspecified atom stereocenters. The van der Waals surface area contributed by atoms with Gasteiger partial charge in [-0.05, 0) is 56.2 Å². The Morgan fingerprint density at radius 3 is 2.59 bits per heavy atom. The molecular formula is C31H32F3N7O3. The maximum atomic E-state index is 13.7. The van der Waals surface area contributed by atoms with Gasteiger partial charge in [0, 0.05) is 24.8 Å². The average Bonchev–Trinajstić information content (AvgIpc) is 3.48. The van der Waals surface area contributed by atoms with Gasteiger partial charge < -0.3 is 19.9 Å². The van der Waals surface area contributed by atoms with Crippen LogP contribution in [0.2, 0.25) is 0 Å². The highest BCUT2D eigenvalue weighted by molar-refractivity contribution is 5.98. The molecule has 4 aromatic rings. The van der Waals surface area contributed by atoms with Gasteiger partial charge >= 0.3 is 6.18 Å². The summed E-state index contributed by atoms with van der Waals surface area (Å²) in [5, 5.41) is 17.0. The number of nitrogens with zero attached hydrogens (tertiary/aromatic N) is 5. The van der Waals surface area contributed by atoms with Crippen LogP contribution in [-0.4, -0.2) is 44.3 Å². The van der Waals surface area contributed by atoms with Crippen molar-refractivity contribution in [1.82, 2.24) is 19.7 Å². The number of amides is 1. The third-order valence-corrected chi connectivity index (χ3v) is 7.72. The molecule has 230 valence electrons. The number of aryl methyl sites for hydroxylation is 2. The van der Waals surface area contributed by atoms with Gasteiger partial charge in [0.2, 0.25) is 5.91 Å². The number of hydrogen-bond acceptors (Lipinski definition) is 7. The molecule has 44 heavy (non-hydrogen) atoms. The van der Waals surface area contributed by atoms with E-state index < -0.39 is 29.4 Å². The topological polar surface area (TPSA) is 129 Å². The lowest BCUT2D eigenvalue weighted by Crippen LogP contribution is -2.39. The SMILES string of the molecule is CCCc1nn(C)c2c(=O)[nH]c(-c3cc(N[C@@H]4CC(=O)N(c5ccc(C#N)c(C(F)(F)F)c5)[C@H]4CC)ccc3OCC)nc12. The quantitative estimate of drug-likeness (QED) is 0.255. The number of benzene rings is 2. The highest BCUT2D eigenvalue weighted by Crippen LogP contribution is 2.38. The fourth-order valence-corrected chi connectivity index (χ4v) is 5.83. The van der Waals surface area contributed by atoms with Crippen LogP contribution in [0.3, 0.4) is 0 Å². The third kappa shape index (κ3) is 5.59. The number of anilines is 2. The molecule has 13 heteroatoms. The van der Waals surface area contributed by atoms with Gasteiger partial charge in [-0.25, -0.2) is 4.98 Å². The van der Waals surface area contributed by atoms with Crippen LogP contribution >= 0.6 is 0 Å². The first-order chi connectivity index (χ1) is 21.0. The van der Waals surface area contributed by atoms with Crippen molar-refractivity contribution >= 4 is 28.3 Å². The zero-order chi connectivity index (χ0) is 31.8. The van der Waals surface area contributed by atoms with Crippen molar-refractivity contribution in [3.63, 3.8) is 0 Å². The number of rotatable bonds is 9. The summed E-state index contributed by atoms with van der Waals surface area (Å²) in [6, 6.07) is 9.29. The van der Waals surface area contributed by atoms with E-state index >= 15 is 0 Å². The van der Waals surface area contributed by atoms with Crippen molar-refractivity contribution in [2.75, 3.05) is 16.8 Å². The highest BCUT2D eigenvalue weighted by atomic mass is 19.4. The fraction of sp³-hybridized carbons (Fsp3) is 0.387. The van der Waals surface area contributed by atoms with E-state index in [2.05, 4.69) is 15.4 Å². The molecule has 1 aliphatic heterocycles. The number of hydrogen-bond donors (Lipinski definition) is 2. The predicted octanol–water partition coefficient (Wildman–Crippen LogP) is 5.56. The van der Waals surface area contributed by atoms with Crippen LogP contribution in [0, 0.1) is 11.3 Å². The van der Waals surface area contributed by atoms with Crippen LogP contribution in [0.4, 0.5) is 24.5 Å². The second-order valence-corrected chi connectivity index (χ2v) is 10.6. The van der Waals surface area contributed by atoms with E-state index in [-0.39, 0.29) is 23.6 Å². The molecule has 3 heterocycles. The first kappa shape index (κ1) is 30.6. The zero-order valence-corrected chi connectivity index (χ0v) is 24.7. The largest absolute Gasteiger partial charge is 0.493 e. The molecule has 0 bridgehead atoms. The summed E-state index contributed by atoms with van der Waals surface area (Å²) in [4.78, 5) is 35.3. The van der Waals surface area contributed by atoms with E-state index in [1.165, 1.54) is 15.6 Å². The normalized spacial score (nSPS) is 16.9. The van der Waals surface area contributed by atoms with Crippen LogP contribution in [0.25, 0.3) is 22.4 Å². The molecular weight excluding hydrogens is 575 g/mol. The lowest BCUT2D eigenvalue weighted by molar-refractivity contribution is -0.137. The Kier molecular flexibility index (Phi) is 8.36. The third-order valence-electron chi connectivity index (χ3n) is 7.72. The molecule has 0 spiro atoms. The van der Waals surface area contributed by atoms with E-state index in [0.717, 1.165) is 24.2 Å². The number of aromatic nitrogens is 4. The van der Waals surface area contributed by atoms with Crippen molar-refractivity contribution in [2.45, 2.75) is 64.7 Å². The number of ether oxygens (including phenoxy) is 1. The van der Waals surface area contributed by atoms with Gasteiger partial charge in [0.25, 0.3) is 5.56 Å². The van der Waals surface area contributed by atoms with Crippen LogP contribution in [0.1, 0.15) is 56.9 Å². The van der Waals surface area contributed by atoms with Gasteiger partial charge in [-0.1, -0.05) is 20.3 Å². The molecule has 2 atom stereocenters. The van der Waals surface area contributed by atoms with Crippen LogP contribution in [0.5, 0.6) is 5.75 Å². The summed E-state index contributed by atoms with van der Waals surface area (Å²) >= 11 is 0. The summed E-state index contributed by atoms with van der Waals surface area (Å²) in [6.45, 7) is 6.09. The number of carbonyl (C=O) groups is 1. The molecule has 0 aliphatic carbocycles. The number of carbonyl (C=O) groups excluding carboxylic acids is 1. The Bertz CT molecular complexity index is 1820. The minimum Gasteiger partial charge on any atom is -0.493 e. The second-order valence-electron chi connectivity index (χ2n) is 10.6. The molecule has 1 saturated heterocycles. The number of alkyl halides is 3. The summed E-state index contributed by atoms with van der Waals surface area (Å²) in [7, 11) is 1.70. The minimum atomic E-state index is -4.74. The number of fused-ring (bicyclic) bond motifs is 1. The number of nitrogens with one attached hydrogen (secondary N) is 2. The number of aromatic amines is 1. The first-order valence-corrected chi connectivity index (χ1v) is 14.4. The number of halogens is 3. The van der Waals surface area contributed by atoms with Crippen molar-refractivity contribution in [1.29, 1.82) is 5.26 Å². The Labute approximate surface area is 251 Å². The van der Waals surface area contributed by atoms with Gasteiger partial charge in [0.15, 0.2) is 5.52 Å². The lowest BCUT2D eigenvalue weighted by Gasteiger charge is -2.29. The maximum Gasteiger partial charge on any atom is 0.417 e. The molecule has 1 amide bonds. The van der Waals surface area contributed by atoms with E-state index in [4.69, 9.17) is 9.72 Å². The van der Waals surface area contributed by atoms with Crippen LogP contribution in [-0.2, 0) is 24.4 Å². The standard InChI is InChI=1S/C31H32F3N7O3/c1-5-8-22-27-28(40(4)39-22)30(43)38-29(37-27)20-13-18(10-12-25(20)44-7-3)36-23-15-26(42)41(24(23)6-2)19-11-9-17(16-35)21(14-19)31(32,33)34/h9-14,23-24,36H,5-8,15H2,1-4H3,(H,37,38,43)/t23-,24+/m1/s1. The monoisotopic (exact) mass is 607 g/mol. The summed E-state index contributed by atoms with van der Waals surface area (Å²) in [6.07, 6.45) is -2.76. The van der Waals surface area contributed by atoms with Gasteiger partial charge in [-0.3, -0.25) is 14.3 Å². The average molecular weight is 608 g/mol. The molecule has 0 radical (unpaired) electrons. The van der Waals surface area contributed by atoms with Crippen LogP contribution in [0.15, 0.2) is 41.2 Å².